The van der Waals surface area contributed by atoms with E-state index >= 15 is 0 Å². The summed E-state index contributed by atoms with van der Waals surface area (Å²) in [6.45, 7) is 0.0729. The first-order valence-electron chi connectivity index (χ1n) is 5.61. The van der Waals surface area contributed by atoms with Crippen molar-refractivity contribution in [3.63, 3.8) is 0 Å². The zero-order valence-corrected chi connectivity index (χ0v) is 9.40. The fourth-order valence-corrected chi connectivity index (χ4v) is 2.27. The molecule has 0 bridgehead atoms. The molecule has 2 rings (SSSR count). The van der Waals surface area contributed by atoms with E-state index in [4.69, 9.17) is 5.73 Å². The van der Waals surface area contributed by atoms with E-state index in [0.717, 1.165) is 19.0 Å². The average Bonchev–Trinajstić information content (AvgIpc) is 3.09. The maximum Gasteiger partial charge on any atom is 0.311 e. The second-order valence-corrected chi connectivity index (χ2v) is 4.63. The molecule has 17 heavy (non-hydrogen) atoms. The van der Waals surface area contributed by atoms with Crippen LogP contribution < -0.4 is 5.73 Å². The summed E-state index contributed by atoms with van der Waals surface area (Å²) in [4.78, 5) is 15.2. The quantitative estimate of drug-likeness (QED) is 0.808. The maximum absolute atomic E-state index is 13.0. The zero-order chi connectivity index (χ0) is 12.5. The van der Waals surface area contributed by atoms with E-state index in [1.807, 2.05) is 0 Å². The minimum atomic E-state index is -0.963. The number of carbonyl (C=O) groups is 1. The van der Waals surface area contributed by atoms with Gasteiger partial charge >= 0.3 is 5.97 Å². The molecule has 0 aliphatic heterocycles. The summed E-state index contributed by atoms with van der Waals surface area (Å²) in [6, 6.07) is 1.32. The van der Waals surface area contributed by atoms with E-state index in [0.29, 0.717) is 5.56 Å². The summed E-state index contributed by atoms with van der Waals surface area (Å²) in [6.07, 6.45) is 4.61. The summed E-state index contributed by atoms with van der Waals surface area (Å²) in [7, 11) is 0. The highest BCUT2D eigenvalue weighted by molar-refractivity contribution is 5.76. The van der Waals surface area contributed by atoms with Gasteiger partial charge in [-0.2, -0.15) is 0 Å². The second-order valence-electron chi connectivity index (χ2n) is 4.63. The topological polar surface area (TPSA) is 76.2 Å². The maximum atomic E-state index is 13.0. The SMILES string of the molecule is NCC(Cc1cncc(F)c1)(C(=O)O)C1CC1. The van der Waals surface area contributed by atoms with Gasteiger partial charge in [-0.3, -0.25) is 9.78 Å². The van der Waals surface area contributed by atoms with Crippen LogP contribution in [0.5, 0.6) is 0 Å². The lowest BCUT2D eigenvalue weighted by molar-refractivity contribution is -0.149. The van der Waals surface area contributed by atoms with E-state index in [2.05, 4.69) is 4.98 Å². The van der Waals surface area contributed by atoms with E-state index in [1.165, 1.54) is 12.3 Å². The van der Waals surface area contributed by atoms with Crippen molar-refractivity contribution in [2.45, 2.75) is 19.3 Å². The van der Waals surface area contributed by atoms with Crippen molar-refractivity contribution in [2.24, 2.45) is 17.1 Å². The van der Waals surface area contributed by atoms with Gasteiger partial charge in [-0.1, -0.05) is 0 Å². The Hall–Kier alpha value is -1.49. The molecule has 92 valence electrons. The van der Waals surface area contributed by atoms with Crippen LogP contribution in [0.25, 0.3) is 0 Å². The summed E-state index contributed by atoms with van der Waals surface area (Å²) in [5.74, 6) is -1.24. The van der Waals surface area contributed by atoms with Crippen molar-refractivity contribution in [1.29, 1.82) is 0 Å². The molecule has 1 atom stereocenters. The first kappa shape index (κ1) is 12.0. The van der Waals surface area contributed by atoms with Gasteiger partial charge in [-0.05, 0) is 36.8 Å². The molecule has 1 saturated carbocycles. The number of aromatic nitrogens is 1. The van der Waals surface area contributed by atoms with Gasteiger partial charge in [0.1, 0.15) is 5.82 Å². The number of hydrogen-bond acceptors (Lipinski definition) is 3. The molecule has 1 unspecified atom stereocenters. The average molecular weight is 238 g/mol. The predicted molar refractivity (Wildman–Crippen MR) is 59.7 cm³/mol. The molecular weight excluding hydrogens is 223 g/mol. The Kier molecular flexibility index (Phi) is 3.11. The smallest absolute Gasteiger partial charge is 0.311 e. The highest BCUT2D eigenvalue weighted by atomic mass is 19.1. The van der Waals surface area contributed by atoms with Crippen LogP contribution in [-0.4, -0.2) is 22.6 Å². The van der Waals surface area contributed by atoms with Gasteiger partial charge in [-0.15, -0.1) is 0 Å². The third-order valence-electron chi connectivity index (χ3n) is 3.43. The first-order chi connectivity index (χ1) is 8.08. The van der Waals surface area contributed by atoms with Gasteiger partial charge in [0.2, 0.25) is 0 Å². The van der Waals surface area contributed by atoms with E-state index < -0.39 is 17.2 Å². The van der Waals surface area contributed by atoms with E-state index in [1.54, 1.807) is 0 Å². The van der Waals surface area contributed by atoms with Crippen molar-refractivity contribution in [3.05, 3.63) is 29.8 Å². The number of hydrogen-bond donors (Lipinski definition) is 2. The van der Waals surface area contributed by atoms with Gasteiger partial charge in [0.05, 0.1) is 11.6 Å². The molecule has 0 amide bonds. The molecule has 0 aromatic carbocycles. The lowest BCUT2D eigenvalue weighted by Crippen LogP contribution is -2.42. The Balaban J connectivity index is 2.26. The fourth-order valence-electron chi connectivity index (χ4n) is 2.27. The van der Waals surface area contributed by atoms with Crippen molar-refractivity contribution in [2.75, 3.05) is 6.54 Å². The van der Waals surface area contributed by atoms with Gasteiger partial charge in [-0.25, -0.2) is 4.39 Å². The van der Waals surface area contributed by atoms with Crippen molar-refractivity contribution in [1.82, 2.24) is 4.98 Å². The summed E-state index contributed by atoms with van der Waals surface area (Å²) in [5.41, 5.74) is 5.27. The molecule has 3 N–H and O–H groups in total. The van der Waals surface area contributed by atoms with Crippen LogP contribution in [0.15, 0.2) is 18.5 Å². The molecule has 1 heterocycles. The molecule has 1 aliphatic carbocycles. The number of nitrogens with two attached hydrogens (primary N) is 1. The van der Waals surface area contributed by atoms with Crippen LogP contribution in [0.1, 0.15) is 18.4 Å². The third kappa shape index (κ3) is 2.29. The summed E-state index contributed by atoms with van der Waals surface area (Å²) >= 11 is 0. The summed E-state index contributed by atoms with van der Waals surface area (Å²) < 4.78 is 13.0. The van der Waals surface area contributed by atoms with Crippen LogP contribution in [0.3, 0.4) is 0 Å². The lowest BCUT2D eigenvalue weighted by atomic mass is 9.77. The highest BCUT2D eigenvalue weighted by Gasteiger charge is 2.50. The molecule has 0 radical (unpaired) electrons. The lowest BCUT2D eigenvalue weighted by Gasteiger charge is -2.27. The number of pyridine rings is 1. The Labute approximate surface area is 98.7 Å². The van der Waals surface area contributed by atoms with Crippen molar-refractivity contribution >= 4 is 5.97 Å². The molecule has 1 aliphatic rings. The van der Waals surface area contributed by atoms with Gasteiger partial charge in [0.25, 0.3) is 0 Å². The molecule has 4 nitrogen and oxygen atoms in total. The number of carboxylic acids is 1. The summed E-state index contributed by atoms with van der Waals surface area (Å²) in [5, 5.41) is 9.37. The fraction of sp³-hybridized carbons (Fsp3) is 0.500. The van der Waals surface area contributed by atoms with E-state index in [-0.39, 0.29) is 18.9 Å². The van der Waals surface area contributed by atoms with Crippen LogP contribution in [0.4, 0.5) is 4.39 Å². The zero-order valence-electron chi connectivity index (χ0n) is 9.40. The predicted octanol–water partition coefficient (Wildman–Crippen LogP) is 1.20. The number of carboxylic acid groups (broad SMARTS) is 1. The van der Waals surface area contributed by atoms with E-state index in [9.17, 15) is 14.3 Å². The van der Waals surface area contributed by atoms with Crippen LogP contribution in [0, 0.1) is 17.2 Å². The Morgan fingerprint density at radius 1 is 1.59 bits per heavy atom. The Morgan fingerprint density at radius 3 is 2.76 bits per heavy atom. The molecule has 1 aromatic rings. The van der Waals surface area contributed by atoms with Crippen molar-refractivity contribution < 1.29 is 14.3 Å². The number of halogens is 1. The molecule has 0 saturated heterocycles. The highest BCUT2D eigenvalue weighted by Crippen LogP contribution is 2.47. The Morgan fingerprint density at radius 2 is 2.29 bits per heavy atom. The van der Waals surface area contributed by atoms with Crippen molar-refractivity contribution in [3.8, 4) is 0 Å². The van der Waals surface area contributed by atoms with Crippen LogP contribution in [0.2, 0.25) is 0 Å². The molecular formula is C12H15FN2O2. The van der Waals surface area contributed by atoms with Crippen LogP contribution in [-0.2, 0) is 11.2 Å². The largest absolute Gasteiger partial charge is 0.481 e. The van der Waals surface area contributed by atoms with Gasteiger partial charge in [0, 0.05) is 12.7 Å². The normalized spacial score (nSPS) is 18.7. The minimum absolute atomic E-state index is 0.0729. The van der Waals surface area contributed by atoms with Gasteiger partial charge in [0.15, 0.2) is 0 Å². The molecule has 1 aromatic heterocycles. The number of nitrogens with zero attached hydrogens (tertiary/aromatic N) is 1. The molecule has 1 fully saturated rings. The monoisotopic (exact) mass is 238 g/mol. The first-order valence-corrected chi connectivity index (χ1v) is 5.61. The number of rotatable bonds is 5. The van der Waals surface area contributed by atoms with Crippen LogP contribution >= 0.6 is 0 Å². The molecule has 0 spiro atoms. The number of aliphatic carboxylic acids is 1. The van der Waals surface area contributed by atoms with Gasteiger partial charge < -0.3 is 10.8 Å². The minimum Gasteiger partial charge on any atom is -0.481 e. The standard InChI is InChI=1S/C12H15FN2O2/c13-10-3-8(5-15-6-10)4-12(7-14,11(16)17)9-1-2-9/h3,5-6,9H,1-2,4,7,14H2,(H,16,17). The second kappa shape index (κ2) is 4.41. The Bertz CT molecular complexity index is 434. The molecule has 5 heteroatoms. The third-order valence-corrected chi connectivity index (χ3v) is 3.43.